The summed E-state index contributed by atoms with van der Waals surface area (Å²) in [6, 6.07) is 1.40. The highest BCUT2D eigenvalue weighted by Crippen LogP contribution is 2.11. The number of thiazole rings is 1. The summed E-state index contributed by atoms with van der Waals surface area (Å²) in [5.74, 6) is -0.297. The van der Waals surface area contributed by atoms with Gasteiger partial charge in [-0.3, -0.25) is 14.0 Å². The Kier molecular flexibility index (Phi) is 3.23. The van der Waals surface area contributed by atoms with E-state index >= 15 is 0 Å². The van der Waals surface area contributed by atoms with Gasteiger partial charge < -0.3 is 4.74 Å². The Balaban J connectivity index is 2.31. The van der Waals surface area contributed by atoms with Gasteiger partial charge in [0.1, 0.15) is 6.61 Å². The third-order valence-corrected chi connectivity index (χ3v) is 3.24. The van der Waals surface area contributed by atoms with Crippen LogP contribution in [0.2, 0.25) is 0 Å². The molecule has 0 atom stereocenters. The van der Waals surface area contributed by atoms with Crippen molar-refractivity contribution in [2.24, 2.45) is 0 Å². The van der Waals surface area contributed by atoms with Gasteiger partial charge in [0.15, 0.2) is 4.96 Å². The molecule has 0 bridgehead atoms. The Morgan fingerprint density at radius 3 is 3.06 bits per heavy atom. The molecule has 0 aliphatic heterocycles. The van der Waals surface area contributed by atoms with Crippen LogP contribution in [0.4, 0.5) is 0 Å². The highest BCUT2D eigenvalue weighted by Gasteiger charge is 2.07. The summed E-state index contributed by atoms with van der Waals surface area (Å²) < 4.78 is 6.48. The Labute approximate surface area is 102 Å². The molecule has 0 saturated carbocycles. The zero-order valence-electron chi connectivity index (χ0n) is 9.60. The van der Waals surface area contributed by atoms with E-state index in [0.717, 1.165) is 5.69 Å². The van der Waals surface area contributed by atoms with Gasteiger partial charge in [0.05, 0.1) is 5.69 Å². The van der Waals surface area contributed by atoms with Gasteiger partial charge in [-0.2, -0.15) is 0 Å². The van der Waals surface area contributed by atoms with E-state index in [1.807, 2.05) is 12.3 Å². The van der Waals surface area contributed by atoms with Crippen LogP contribution in [-0.4, -0.2) is 15.4 Å². The van der Waals surface area contributed by atoms with Crippen molar-refractivity contribution < 1.29 is 9.53 Å². The molecule has 0 fully saturated rings. The maximum absolute atomic E-state index is 11.8. The minimum Gasteiger partial charge on any atom is -0.459 e. The summed E-state index contributed by atoms with van der Waals surface area (Å²) in [5, 5.41) is 1.87. The lowest BCUT2D eigenvalue weighted by Gasteiger charge is -2.03. The predicted molar refractivity (Wildman–Crippen MR) is 64.2 cm³/mol. The van der Waals surface area contributed by atoms with Crippen LogP contribution in [0.15, 0.2) is 16.2 Å². The van der Waals surface area contributed by atoms with E-state index in [9.17, 15) is 9.59 Å². The van der Waals surface area contributed by atoms with Gasteiger partial charge in [-0.25, -0.2) is 4.98 Å². The molecule has 0 aliphatic rings. The van der Waals surface area contributed by atoms with E-state index in [2.05, 4.69) is 4.98 Å². The number of aromatic nitrogens is 2. The van der Waals surface area contributed by atoms with Gasteiger partial charge in [0.25, 0.3) is 5.56 Å². The van der Waals surface area contributed by atoms with Crippen molar-refractivity contribution in [1.29, 1.82) is 0 Å². The molecular formula is C11H12N2O3S. The van der Waals surface area contributed by atoms with E-state index in [1.165, 1.54) is 21.8 Å². The van der Waals surface area contributed by atoms with Crippen LogP contribution in [0, 0.1) is 6.92 Å². The van der Waals surface area contributed by atoms with E-state index in [4.69, 9.17) is 4.74 Å². The Morgan fingerprint density at radius 2 is 2.35 bits per heavy atom. The summed E-state index contributed by atoms with van der Waals surface area (Å²) in [7, 11) is 0. The topological polar surface area (TPSA) is 60.7 Å². The molecule has 0 N–H and O–H groups in total. The van der Waals surface area contributed by atoms with Crippen molar-refractivity contribution in [2.75, 3.05) is 0 Å². The van der Waals surface area contributed by atoms with Gasteiger partial charge in [-0.05, 0) is 6.92 Å². The van der Waals surface area contributed by atoms with Gasteiger partial charge in [0, 0.05) is 23.6 Å². The van der Waals surface area contributed by atoms with Gasteiger partial charge >= 0.3 is 5.97 Å². The number of nitrogens with zero attached hydrogens (tertiary/aromatic N) is 2. The number of hydrogen-bond acceptors (Lipinski definition) is 5. The molecule has 0 radical (unpaired) electrons. The fourth-order valence-corrected chi connectivity index (χ4v) is 2.32. The van der Waals surface area contributed by atoms with Crippen molar-refractivity contribution in [3.63, 3.8) is 0 Å². The molecule has 2 aromatic rings. The first kappa shape index (κ1) is 11.8. The molecule has 2 rings (SSSR count). The molecule has 0 spiro atoms. The monoisotopic (exact) mass is 252 g/mol. The minimum atomic E-state index is -0.297. The number of carbonyl (C=O) groups excluding carboxylic acids is 1. The third kappa shape index (κ3) is 2.36. The summed E-state index contributed by atoms with van der Waals surface area (Å²) >= 11 is 1.39. The summed E-state index contributed by atoms with van der Waals surface area (Å²) in [4.78, 5) is 27.7. The van der Waals surface area contributed by atoms with Crippen molar-refractivity contribution in [3.05, 3.63) is 33.2 Å². The maximum atomic E-state index is 11.8. The number of hydrogen-bond donors (Lipinski definition) is 0. The van der Waals surface area contributed by atoms with E-state index in [-0.39, 0.29) is 18.1 Å². The highest BCUT2D eigenvalue weighted by molar-refractivity contribution is 7.15. The van der Waals surface area contributed by atoms with E-state index in [0.29, 0.717) is 17.1 Å². The molecule has 6 heteroatoms. The first-order valence-electron chi connectivity index (χ1n) is 5.24. The van der Waals surface area contributed by atoms with Gasteiger partial charge in [-0.1, -0.05) is 6.92 Å². The highest BCUT2D eigenvalue weighted by atomic mass is 32.1. The fraction of sp³-hybridized carbons (Fsp3) is 0.364. The SMILES string of the molecule is CCC(=O)OCc1cc(=O)n2c(C)csc2n1. The first-order valence-corrected chi connectivity index (χ1v) is 6.12. The fourth-order valence-electron chi connectivity index (χ4n) is 1.43. The molecule has 0 aromatic carbocycles. The van der Waals surface area contributed by atoms with Gasteiger partial charge in [-0.15, -0.1) is 11.3 Å². The molecule has 0 amide bonds. The van der Waals surface area contributed by atoms with Crippen molar-refractivity contribution >= 4 is 22.3 Å². The average Bonchev–Trinajstić information content (AvgIpc) is 2.68. The number of fused-ring (bicyclic) bond motifs is 1. The smallest absolute Gasteiger partial charge is 0.305 e. The number of ether oxygens (including phenoxy) is 1. The quantitative estimate of drug-likeness (QED) is 0.777. The summed E-state index contributed by atoms with van der Waals surface area (Å²) in [6.45, 7) is 3.62. The molecule has 0 aliphatic carbocycles. The van der Waals surface area contributed by atoms with Crippen LogP contribution in [0.25, 0.3) is 4.96 Å². The van der Waals surface area contributed by atoms with Crippen molar-refractivity contribution in [1.82, 2.24) is 9.38 Å². The molecule has 0 unspecified atom stereocenters. The molecule has 2 heterocycles. The van der Waals surface area contributed by atoms with Crippen LogP contribution < -0.4 is 5.56 Å². The van der Waals surface area contributed by atoms with Gasteiger partial charge in [0.2, 0.25) is 0 Å². The number of esters is 1. The van der Waals surface area contributed by atoms with Crippen LogP contribution in [-0.2, 0) is 16.1 Å². The van der Waals surface area contributed by atoms with Crippen LogP contribution in [0.3, 0.4) is 0 Å². The standard InChI is InChI=1S/C11H12N2O3S/c1-3-10(15)16-5-8-4-9(14)13-7(2)6-17-11(13)12-8/h4,6H,3,5H2,1-2H3. The lowest BCUT2D eigenvalue weighted by atomic mass is 10.4. The van der Waals surface area contributed by atoms with E-state index in [1.54, 1.807) is 6.92 Å². The lowest BCUT2D eigenvalue weighted by molar-refractivity contribution is -0.144. The minimum absolute atomic E-state index is 0.0510. The molecular weight excluding hydrogens is 240 g/mol. The second kappa shape index (κ2) is 4.67. The predicted octanol–water partition coefficient (Wildman–Crippen LogP) is 1.52. The summed E-state index contributed by atoms with van der Waals surface area (Å²) in [5.41, 5.74) is 1.20. The number of aryl methyl sites for hydroxylation is 1. The zero-order chi connectivity index (χ0) is 12.4. The normalized spacial score (nSPS) is 10.7. The molecule has 2 aromatic heterocycles. The Morgan fingerprint density at radius 1 is 1.59 bits per heavy atom. The second-order valence-electron chi connectivity index (χ2n) is 3.60. The lowest BCUT2D eigenvalue weighted by Crippen LogP contribution is -2.16. The zero-order valence-corrected chi connectivity index (χ0v) is 10.4. The number of carbonyl (C=O) groups is 1. The van der Waals surface area contributed by atoms with Crippen LogP contribution in [0.1, 0.15) is 24.7 Å². The van der Waals surface area contributed by atoms with E-state index < -0.39 is 0 Å². The van der Waals surface area contributed by atoms with Crippen LogP contribution in [0.5, 0.6) is 0 Å². The van der Waals surface area contributed by atoms with Crippen LogP contribution >= 0.6 is 11.3 Å². The first-order chi connectivity index (χ1) is 8.11. The number of rotatable bonds is 3. The molecule has 90 valence electrons. The Hall–Kier alpha value is -1.69. The summed E-state index contributed by atoms with van der Waals surface area (Å²) in [6.07, 6.45) is 0.319. The Bertz CT molecular complexity index is 615. The van der Waals surface area contributed by atoms with Crippen molar-refractivity contribution in [3.8, 4) is 0 Å². The third-order valence-electron chi connectivity index (χ3n) is 2.30. The van der Waals surface area contributed by atoms with Crippen molar-refractivity contribution in [2.45, 2.75) is 26.9 Å². The molecule has 17 heavy (non-hydrogen) atoms. The molecule has 5 nitrogen and oxygen atoms in total. The molecule has 0 saturated heterocycles. The average molecular weight is 252 g/mol. The second-order valence-corrected chi connectivity index (χ2v) is 4.43. The largest absolute Gasteiger partial charge is 0.459 e. The maximum Gasteiger partial charge on any atom is 0.305 e.